The van der Waals surface area contributed by atoms with E-state index in [1.165, 1.54) is 18.2 Å². The lowest BCUT2D eigenvalue weighted by atomic mass is 10.0. The van der Waals surface area contributed by atoms with Crippen molar-refractivity contribution in [1.29, 1.82) is 0 Å². The van der Waals surface area contributed by atoms with Crippen LogP contribution in [0.4, 0.5) is 17.1 Å². The number of hydrogen-bond acceptors (Lipinski definition) is 5. The Bertz CT molecular complexity index is 1070. The van der Waals surface area contributed by atoms with Crippen LogP contribution in [0.1, 0.15) is 37.0 Å². The van der Waals surface area contributed by atoms with Crippen molar-refractivity contribution in [2.75, 3.05) is 15.9 Å². The van der Waals surface area contributed by atoms with Crippen LogP contribution >= 0.6 is 0 Å². The summed E-state index contributed by atoms with van der Waals surface area (Å²) in [6.07, 6.45) is 1.88. The lowest BCUT2D eigenvalue weighted by Gasteiger charge is -2.31. The zero-order valence-corrected chi connectivity index (χ0v) is 18.6. The van der Waals surface area contributed by atoms with E-state index in [-0.39, 0.29) is 17.8 Å². The van der Waals surface area contributed by atoms with E-state index in [1.54, 1.807) is 13.8 Å². The van der Waals surface area contributed by atoms with Gasteiger partial charge in [-0.1, -0.05) is 38.1 Å². The van der Waals surface area contributed by atoms with E-state index in [4.69, 9.17) is 0 Å². The summed E-state index contributed by atoms with van der Waals surface area (Å²) in [5, 5.41) is 14.1. The molecule has 0 aliphatic carbocycles. The molecule has 0 aliphatic heterocycles. The SMILES string of the molecule is CCc1cccc(C)c1NC(=O)C(CC)N(c1cc([N+](=O)[O-])ccc1C)S(C)(=O)=O. The molecule has 0 saturated heterocycles. The normalized spacial score (nSPS) is 12.3. The quantitative estimate of drug-likeness (QED) is 0.501. The smallest absolute Gasteiger partial charge is 0.271 e. The molecule has 0 saturated carbocycles. The van der Waals surface area contributed by atoms with Crippen molar-refractivity contribution in [3.63, 3.8) is 0 Å². The minimum Gasteiger partial charge on any atom is -0.324 e. The molecule has 1 atom stereocenters. The standard InChI is InChI=1S/C21H27N3O5S/c1-6-16-10-8-9-15(4)20(16)22-21(25)18(7-2)23(30(5,28)29)19-13-17(24(26)27)12-11-14(19)3/h8-13,18H,6-7H2,1-5H3,(H,22,25). The van der Waals surface area contributed by atoms with Gasteiger partial charge in [-0.05, 0) is 43.4 Å². The van der Waals surface area contributed by atoms with E-state index in [2.05, 4.69) is 5.32 Å². The maximum absolute atomic E-state index is 13.2. The highest BCUT2D eigenvalue weighted by Crippen LogP contribution is 2.31. The number of nitro benzene ring substituents is 1. The Labute approximate surface area is 177 Å². The maximum atomic E-state index is 13.2. The third-order valence-corrected chi connectivity index (χ3v) is 6.12. The minimum absolute atomic E-state index is 0.120. The maximum Gasteiger partial charge on any atom is 0.271 e. The Morgan fingerprint density at radius 3 is 2.37 bits per heavy atom. The molecule has 0 heterocycles. The number of anilines is 2. The minimum atomic E-state index is -3.91. The van der Waals surface area contributed by atoms with Crippen LogP contribution in [0.3, 0.4) is 0 Å². The van der Waals surface area contributed by atoms with Crippen LogP contribution in [0.25, 0.3) is 0 Å². The average Bonchev–Trinajstić information content (AvgIpc) is 2.67. The van der Waals surface area contributed by atoms with Crippen molar-refractivity contribution in [1.82, 2.24) is 0 Å². The largest absolute Gasteiger partial charge is 0.324 e. The van der Waals surface area contributed by atoms with Gasteiger partial charge in [0.15, 0.2) is 0 Å². The molecule has 0 bridgehead atoms. The number of para-hydroxylation sites is 1. The number of hydrogen-bond donors (Lipinski definition) is 1. The fourth-order valence-corrected chi connectivity index (χ4v) is 4.65. The Morgan fingerprint density at radius 1 is 1.17 bits per heavy atom. The van der Waals surface area contributed by atoms with E-state index < -0.39 is 26.9 Å². The van der Waals surface area contributed by atoms with Gasteiger partial charge in [-0.15, -0.1) is 0 Å². The van der Waals surface area contributed by atoms with Gasteiger partial charge in [0.1, 0.15) is 6.04 Å². The number of non-ortho nitro benzene ring substituents is 1. The highest BCUT2D eigenvalue weighted by atomic mass is 32.2. The van der Waals surface area contributed by atoms with Gasteiger partial charge in [0.05, 0.1) is 16.9 Å². The Morgan fingerprint density at radius 2 is 1.83 bits per heavy atom. The molecule has 30 heavy (non-hydrogen) atoms. The summed E-state index contributed by atoms with van der Waals surface area (Å²) >= 11 is 0. The monoisotopic (exact) mass is 433 g/mol. The Kier molecular flexibility index (Phi) is 7.20. The summed E-state index contributed by atoms with van der Waals surface area (Å²) in [5.74, 6) is -0.488. The predicted octanol–water partition coefficient (Wildman–Crippen LogP) is 3.96. The van der Waals surface area contributed by atoms with Gasteiger partial charge in [0.2, 0.25) is 15.9 Å². The van der Waals surface area contributed by atoms with Crippen molar-refractivity contribution in [3.05, 3.63) is 63.2 Å². The topological polar surface area (TPSA) is 110 Å². The van der Waals surface area contributed by atoms with Crippen LogP contribution < -0.4 is 9.62 Å². The highest BCUT2D eigenvalue weighted by Gasteiger charge is 2.33. The molecule has 0 spiro atoms. The third-order valence-electron chi connectivity index (χ3n) is 4.96. The lowest BCUT2D eigenvalue weighted by molar-refractivity contribution is -0.384. The molecule has 0 fully saturated rings. The first-order valence-corrected chi connectivity index (χ1v) is 11.5. The predicted molar refractivity (Wildman–Crippen MR) is 118 cm³/mol. The Hall–Kier alpha value is -2.94. The number of sulfonamides is 1. The van der Waals surface area contributed by atoms with Crippen molar-refractivity contribution < 1.29 is 18.1 Å². The Balaban J connectivity index is 2.55. The fraction of sp³-hybridized carbons (Fsp3) is 0.381. The van der Waals surface area contributed by atoms with Crippen molar-refractivity contribution in [3.8, 4) is 0 Å². The first-order valence-electron chi connectivity index (χ1n) is 9.65. The molecule has 1 unspecified atom stereocenters. The van der Waals surface area contributed by atoms with Gasteiger partial charge in [-0.25, -0.2) is 8.42 Å². The molecule has 0 aromatic heterocycles. The summed E-state index contributed by atoms with van der Waals surface area (Å²) in [4.78, 5) is 23.8. The zero-order valence-electron chi connectivity index (χ0n) is 17.8. The lowest BCUT2D eigenvalue weighted by Crippen LogP contribution is -2.47. The number of rotatable bonds is 8. The molecule has 1 N–H and O–H groups in total. The summed E-state index contributed by atoms with van der Waals surface area (Å²) in [5.41, 5.74) is 2.86. The second-order valence-electron chi connectivity index (χ2n) is 7.16. The van der Waals surface area contributed by atoms with Crippen molar-refractivity contribution in [2.45, 2.75) is 46.6 Å². The molecule has 2 rings (SSSR count). The molecule has 9 heteroatoms. The van der Waals surface area contributed by atoms with Gasteiger partial charge in [-0.3, -0.25) is 19.2 Å². The van der Waals surface area contributed by atoms with E-state index in [0.29, 0.717) is 17.7 Å². The van der Waals surface area contributed by atoms with Crippen LogP contribution in [-0.2, 0) is 21.2 Å². The molecule has 2 aromatic rings. The molecule has 0 radical (unpaired) electrons. The van der Waals surface area contributed by atoms with Crippen LogP contribution in [0.2, 0.25) is 0 Å². The molecule has 8 nitrogen and oxygen atoms in total. The van der Waals surface area contributed by atoms with Crippen LogP contribution in [-0.4, -0.2) is 31.5 Å². The van der Waals surface area contributed by atoms with Gasteiger partial charge in [-0.2, -0.15) is 0 Å². The number of nitrogens with one attached hydrogen (secondary N) is 1. The molecule has 162 valence electrons. The van der Waals surface area contributed by atoms with Gasteiger partial charge in [0.25, 0.3) is 5.69 Å². The summed E-state index contributed by atoms with van der Waals surface area (Å²) in [6.45, 7) is 7.19. The van der Waals surface area contributed by atoms with Crippen molar-refractivity contribution >= 4 is 33.0 Å². The number of nitrogens with zero attached hydrogens (tertiary/aromatic N) is 2. The van der Waals surface area contributed by atoms with Gasteiger partial charge < -0.3 is 5.32 Å². The number of nitro groups is 1. The first kappa shape index (κ1) is 23.3. The van der Waals surface area contributed by atoms with Crippen molar-refractivity contribution in [2.24, 2.45) is 0 Å². The zero-order chi connectivity index (χ0) is 22.6. The molecular formula is C21H27N3O5S. The number of carbonyl (C=O) groups excluding carboxylic acids is 1. The number of benzene rings is 2. The van der Waals surface area contributed by atoms with E-state index in [1.807, 2.05) is 32.0 Å². The highest BCUT2D eigenvalue weighted by molar-refractivity contribution is 7.92. The van der Waals surface area contributed by atoms with E-state index >= 15 is 0 Å². The third kappa shape index (κ3) is 4.96. The first-order chi connectivity index (χ1) is 14.0. The number of aryl methyl sites for hydroxylation is 3. The average molecular weight is 434 g/mol. The van der Waals surface area contributed by atoms with Crippen LogP contribution in [0.5, 0.6) is 0 Å². The van der Waals surface area contributed by atoms with E-state index in [0.717, 1.165) is 21.7 Å². The van der Waals surface area contributed by atoms with Gasteiger partial charge >= 0.3 is 0 Å². The number of amides is 1. The summed E-state index contributed by atoms with van der Waals surface area (Å²) in [7, 11) is -3.91. The van der Waals surface area contributed by atoms with Crippen LogP contribution in [0.15, 0.2) is 36.4 Å². The summed E-state index contributed by atoms with van der Waals surface area (Å²) < 4.78 is 26.4. The second-order valence-corrected chi connectivity index (χ2v) is 9.02. The van der Waals surface area contributed by atoms with Crippen LogP contribution in [0, 0.1) is 24.0 Å². The van der Waals surface area contributed by atoms with Gasteiger partial charge in [0, 0.05) is 17.8 Å². The number of carbonyl (C=O) groups is 1. The second kappa shape index (κ2) is 9.25. The van der Waals surface area contributed by atoms with E-state index in [9.17, 15) is 23.3 Å². The molecule has 0 aliphatic rings. The summed E-state index contributed by atoms with van der Waals surface area (Å²) in [6, 6.07) is 8.59. The fourth-order valence-electron chi connectivity index (χ4n) is 3.39. The molecule has 1 amide bonds. The molecule has 2 aromatic carbocycles. The molecular weight excluding hydrogens is 406 g/mol.